The molecule has 0 amide bonds. The molecule has 1 unspecified atom stereocenters. The summed E-state index contributed by atoms with van der Waals surface area (Å²) in [5.74, 6) is -0.125. The quantitative estimate of drug-likeness (QED) is 0.801. The second-order valence-electron chi connectivity index (χ2n) is 6.16. The monoisotopic (exact) mass is 263 g/mol. The number of hydrogen-bond acceptors (Lipinski definition) is 1. The summed E-state index contributed by atoms with van der Waals surface area (Å²) in [6, 6.07) is 7.41. The molecule has 0 bridgehead atoms. The fourth-order valence-electron chi connectivity index (χ4n) is 3.39. The van der Waals surface area contributed by atoms with Crippen molar-refractivity contribution in [1.29, 1.82) is 0 Å². The van der Waals surface area contributed by atoms with Gasteiger partial charge in [0.15, 0.2) is 0 Å². The van der Waals surface area contributed by atoms with Gasteiger partial charge in [0.05, 0.1) is 0 Å². The van der Waals surface area contributed by atoms with Gasteiger partial charge < -0.3 is 5.32 Å². The molecule has 0 heterocycles. The summed E-state index contributed by atoms with van der Waals surface area (Å²) in [6.07, 6.45) is 7.54. The minimum absolute atomic E-state index is 0.125. The zero-order chi connectivity index (χ0) is 13.7. The third-order valence-electron chi connectivity index (χ3n) is 4.47. The molecule has 1 saturated carbocycles. The molecule has 0 aliphatic heterocycles. The van der Waals surface area contributed by atoms with Crippen molar-refractivity contribution in [3.05, 3.63) is 35.6 Å². The number of rotatable bonds is 5. The van der Waals surface area contributed by atoms with Gasteiger partial charge in [-0.05, 0) is 48.9 Å². The largest absolute Gasteiger partial charge is 0.309 e. The van der Waals surface area contributed by atoms with Crippen LogP contribution in [-0.4, -0.2) is 6.54 Å². The van der Waals surface area contributed by atoms with E-state index in [2.05, 4.69) is 25.2 Å². The van der Waals surface area contributed by atoms with E-state index in [1.165, 1.54) is 38.2 Å². The molecule has 1 aromatic rings. The third-order valence-corrected chi connectivity index (χ3v) is 4.47. The summed E-state index contributed by atoms with van der Waals surface area (Å²) in [5.41, 5.74) is 1.37. The molecular weight excluding hydrogens is 237 g/mol. The van der Waals surface area contributed by atoms with Crippen LogP contribution in [0, 0.1) is 11.2 Å². The van der Waals surface area contributed by atoms with Gasteiger partial charge in [0, 0.05) is 6.04 Å². The van der Waals surface area contributed by atoms with E-state index in [1.807, 2.05) is 6.07 Å². The number of benzene rings is 1. The minimum Gasteiger partial charge on any atom is -0.309 e. The van der Waals surface area contributed by atoms with E-state index in [0.717, 1.165) is 18.5 Å². The smallest absolute Gasteiger partial charge is 0.123 e. The zero-order valence-corrected chi connectivity index (χ0v) is 12.2. The molecule has 19 heavy (non-hydrogen) atoms. The SMILES string of the molecule is CCCNC(c1cccc(F)c1)C1(C)CCCCC1. The maximum atomic E-state index is 13.5. The van der Waals surface area contributed by atoms with Gasteiger partial charge in [-0.25, -0.2) is 4.39 Å². The molecule has 1 atom stereocenters. The second kappa shape index (κ2) is 6.51. The standard InChI is InChI=1S/C17H26FN/c1-3-12-19-16(14-8-7-9-15(18)13-14)17(2)10-5-4-6-11-17/h7-9,13,16,19H,3-6,10-12H2,1-2H3. The van der Waals surface area contributed by atoms with Crippen LogP contribution >= 0.6 is 0 Å². The van der Waals surface area contributed by atoms with Gasteiger partial charge in [0.1, 0.15) is 5.82 Å². The Morgan fingerprint density at radius 2 is 2.00 bits per heavy atom. The highest BCUT2D eigenvalue weighted by Crippen LogP contribution is 2.45. The fourth-order valence-corrected chi connectivity index (χ4v) is 3.39. The molecule has 1 aliphatic carbocycles. The predicted molar refractivity (Wildman–Crippen MR) is 78.6 cm³/mol. The zero-order valence-electron chi connectivity index (χ0n) is 12.2. The predicted octanol–water partition coefficient (Wildman–Crippen LogP) is 4.84. The van der Waals surface area contributed by atoms with Crippen molar-refractivity contribution < 1.29 is 4.39 Å². The summed E-state index contributed by atoms with van der Waals surface area (Å²) in [7, 11) is 0. The van der Waals surface area contributed by atoms with Gasteiger partial charge in [0.2, 0.25) is 0 Å². The summed E-state index contributed by atoms with van der Waals surface area (Å²) in [4.78, 5) is 0. The van der Waals surface area contributed by atoms with Crippen LogP contribution in [0.3, 0.4) is 0 Å². The van der Waals surface area contributed by atoms with Crippen molar-refractivity contribution in [3.8, 4) is 0 Å². The van der Waals surface area contributed by atoms with Crippen LogP contribution in [0.2, 0.25) is 0 Å². The lowest BCUT2D eigenvalue weighted by Crippen LogP contribution is -2.38. The van der Waals surface area contributed by atoms with Crippen LogP contribution in [0.25, 0.3) is 0 Å². The van der Waals surface area contributed by atoms with Gasteiger partial charge in [0.25, 0.3) is 0 Å². The molecule has 0 radical (unpaired) electrons. The van der Waals surface area contributed by atoms with Crippen LogP contribution in [0.15, 0.2) is 24.3 Å². The highest BCUT2D eigenvalue weighted by molar-refractivity contribution is 5.22. The summed E-state index contributed by atoms with van der Waals surface area (Å²) < 4.78 is 13.5. The van der Waals surface area contributed by atoms with Crippen molar-refractivity contribution in [1.82, 2.24) is 5.32 Å². The molecule has 0 saturated heterocycles. The van der Waals surface area contributed by atoms with Gasteiger partial charge in [-0.2, -0.15) is 0 Å². The summed E-state index contributed by atoms with van der Waals surface area (Å²) in [5, 5.41) is 3.66. The van der Waals surface area contributed by atoms with E-state index < -0.39 is 0 Å². The van der Waals surface area contributed by atoms with E-state index in [9.17, 15) is 4.39 Å². The Labute approximate surface area is 116 Å². The lowest BCUT2D eigenvalue weighted by molar-refractivity contribution is 0.144. The molecule has 2 heteroatoms. The maximum Gasteiger partial charge on any atom is 0.123 e. The Bertz CT molecular complexity index is 396. The van der Waals surface area contributed by atoms with Gasteiger partial charge in [-0.3, -0.25) is 0 Å². The Balaban J connectivity index is 2.24. The van der Waals surface area contributed by atoms with Crippen LogP contribution in [-0.2, 0) is 0 Å². The highest BCUT2D eigenvalue weighted by atomic mass is 19.1. The third kappa shape index (κ3) is 3.56. The van der Waals surface area contributed by atoms with Gasteiger partial charge in [-0.15, -0.1) is 0 Å². The van der Waals surface area contributed by atoms with Crippen LogP contribution in [0.4, 0.5) is 4.39 Å². The van der Waals surface area contributed by atoms with Gasteiger partial charge >= 0.3 is 0 Å². The van der Waals surface area contributed by atoms with E-state index in [-0.39, 0.29) is 17.3 Å². The minimum atomic E-state index is -0.125. The van der Waals surface area contributed by atoms with Crippen molar-refractivity contribution in [2.45, 2.75) is 58.4 Å². The van der Waals surface area contributed by atoms with E-state index in [4.69, 9.17) is 0 Å². The number of halogens is 1. The Kier molecular flexibility index (Phi) is 4.98. The molecule has 1 N–H and O–H groups in total. The van der Waals surface area contributed by atoms with Crippen LogP contribution < -0.4 is 5.32 Å². The number of hydrogen-bond donors (Lipinski definition) is 1. The molecule has 1 nitrogen and oxygen atoms in total. The van der Waals surface area contributed by atoms with Crippen LogP contribution in [0.5, 0.6) is 0 Å². The lowest BCUT2D eigenvalue weighted by Gasteiger charge is -2.41. The average Bonchev–Trinajstić information content (AvgIpc) is 2.40. The van der Waals surface area contributed by atoms with Crippen LogP contribution in [0.1, 0.15) is 64.0 Å². The molecule has 106 valence electrons. The van der Waals surface area contributed by atoms with Gasteiger partial charge in [-0.1, -0.05) is 45.2 Å². The average molecular weight is 263 g/mol. The first-order chi connectivity index (χ1) is 9.15. The van der Waals surface area contributed by atoms with Crippen molar-refractivity contribution in [2.24, 2.45) is 5.41 Å². The molecule has 0 aromatic heterocycles. The van der Waals surface area contributed by atoms with Crippen molar-refractivity contribution in [2.75, 3.05) is 6.54 Å². The maximum absolute atomic E-state index is 13.5. The van der Waals surface area contributed by atoms with E-state index in [0.29, 0.717) is 0 Å². The van der Waals surface area contributed by atoms with E-state index >= 15 is 0 Å². The first kappa shape index (κ1) is 14.5. The molecular formula is C17H26FN. The molecule has 1 aromatic carbocycles. The Hall–Kier alpha value is -0.890. The van der Waals surface area contributed by atoms with E-state index in [1.54, 1.807) is 6.07 Å². The summed E-state index contributed by atoms with van der Waals surface area (Å²) >= 11 is 0. The first-order valence-corrected chi connectivity index (χ1v) is 7.64. The molecule has 1 aliphatic rings. The summed E-state index contributed by atoms with van der Waals surface area (Å²) in [6.45, 7) is 5.54. The topological polar surface area (TPSA) is 12.0 Å². The highest BCUT2D eigenvalue weighted by Gasteiger charge is 2.36. The molecule has 1 fully saturated rings. The van der Waals surface area contributed by atoms with Crippen molar-refractivity contribution in [3.63, 3.8) is 0 Å². The normalized spacial score (nSPS) is 20.2. The van der Waals surface area contributed by atoms with Crippen molar-refractivity contribution >= 4 is 0 Å². The Morgan fingerprint density at radius 1 is 1.26 bits per heavy atom. The second-order valence-corrected chi connectivity index (χ2v) is 6.16. The fraction of sp³-hybridized carbons (Fsp3) is 0.647. The molecule has 0 spiro atoms. The lowest BCUT2D eigenvalue weighted by atomic mass is 9.68. The molecule has 2 rings (SSSR count). The number of nitrogens with one attached hydrogen (secondary N) is 1. The first-order valence-electron chi connectivity index (χ1n) is 7.64. The Morgan fingerprint density at radius 3 is 2.63 bits per heavy atom.